The van der Waals surface area contributed by atoms with Crippen LogP contribution in [0.25, 0.3) is 0 Å². The van der Waals surface area contributed by atoms with E-state index in [1.165, 1.54) is 0 Å². The highest BCUT2D eigenvalue weighted by molar-refractivity contribution is 7.99. The Kier molecular flexibility index (Phi) is 3.93. The molecule has 0 radical (unpaired) electrons. The average Bonchev–Trinajstić information content (AvgIpc) is 2.90. The number of carboxylic acid groups (broad SMARTS) is 1. The molecule has 1 amide bonds. The van der Waals surface area contributed by atoms with Crippen molar-refractivity contribution in [3.8, 4) is 0 Å². The monoisotopic (exact) mass is 305 g/mol. The predicted octanol–water partition coefficient (Wildman–Crippen LogP) is 2.59. The Hall–Kier alpha value is -1.49. The number of carboxylic acids is 1. The van der Waals surface area contributed by atoms with Gasteiger partial charge in [0, 0.05) is 17.2 Å². The first kappa shape index (κ1) is 14.4. The molecule has 0 saturated carbocycles. The Morgan fingerprint density at radius 2 is 2.10 bits per heavy atom. The molecular formula is C16H19NO3S. The van der Waals surface area contributed by atoms with E-state index in [4.69, 9.17) is 0 Å². The van der Waals surface area contributed by atoms with Gasteiger partial charge in [-0.15, -0.1) is 11.8 Å². The van der Waals surface area contributed by atoms with Gasteiger partial charge in [-0.25, -0.2) is 4.79 Å². The molecule has 1 N–H and O–H groups in total. The predicted molar refractivity (Wildman–Crippen MR) is 81.4 cm³/mol. The number of carbonyl (C=O) groups excluding carboxylic acids is 1. The third-order valence-electron chi connectivity index (χ3n) is 4.43. The average molecular weight is 305 g/mol. The quantitative estimate of drug-likeness (QED) is 0.912. The van der Waals surface area contributed by atoms with Crippen molar-refractivity contribution >= 4 is 23.6 Å². The third kappa shape index (κ3) is 2.67. The van der Waals surface area contributed by atoms with Gasteiger partial charge in [-0.3, -0.25) is 4.79 Å². The van der Waals surface area contributed by atoms with Crippen molar-refractivity contribution in [2.45, 2.75) is 36.6 Å². The van der Waals surface area contributed by atoms with E-state index in [1.54, 1.807) is 16.7 Å². The number of aliphatic carboxylic acids is 1. The second-order valence-corrected chi connectivity index (χ2v) is 6.98. The first-order chi connectivity index (χ1) is 10.1. The Bertz CT molecular complexity index is 574. The zero-order chi connectivity index (χ0) is 15.0. The molecule has 2 heterocycles. The van der Waals surface area contributed by atoms with Crippen molar-refractivity contribution in [3.63, 3.8) is 0 Å². The van der Waals surface area contributed by atoms with Crippen molar-refractivity contribution in [1.29, 1.82) is 0 Å². The van der Waals surface area contributed by atoms with E-state index in [0.29, 0.717) is 18.9 Å². The van der Waals surface area contributed by atoms with Crippen LogP contribution >= 0.6 is 11.8 Å². The molecule has 1 aromatic carbocycles. The van der Waals surface area contributed by atoms with E-state index in [2.05, 4.69) is 6.92 Å². The number of amides is 1. The fourth-order valence-corrected chi connectivity index (χ4v) is 4.43. The van der Waals surface area contributed by atoms with Crippen molar-refractivity contribution in [2.75, 3.05) is 12.3 Å². The van der Waals surface area contributed by atoms with Crippen LogP contribution in [0.2, 0.25) is 0 Å². The van der Waals surface area contributed by atoms with Crippen LogP contribution < -0.4 is 0 Å². The van der Waals surface area contributed by atoms with Crippen molar-refractivity contribution in [1.82, 2.24) is 4.90 Å². The Morgan fingerprint density at radius 1 is 1.33 bits per heavy atom. The molecular weight excluding hydrogens is 286 g/mol. The summed E-state index contributed by atoms with van der Waals surface area (Å²) in [6.07, 6.45) is 1.44. The van der Waals surface area contributed by atoms with E-state index < -0.39 is 12.0 Å². The van der Waals surface area contributed by atoms with Crippen LogP contribution in [0.4, 0.5) is 0 Å². The van der Waals surface area contributed by atoms with Crippen LogP contribution in [0.15, 0.2) is 29.2 Å². The number of piperidine rings is 1. The van der Waals surface area contributed by atoms with Gasteiger partial charge >= 0.3 is 5.97 Å². The van der Waals surface area contributed by atoms with Gasteiger partial charge in [0.2, 0.25) is 5.91 Å². The molecule has 5 heteroatoms. The van der Waals surface area contributed by atoms with Gasteiger partial charge < -0.3 is 10.0 Å². The number of rotatable bonds is 2. The topological polar surface area (TPSA) is 57.6 Å². The van der Waals surface area contributed by atoms with E-state index >= 15 is 0 Å². The van der Waals surface area contributed by atoms with Crippen LogP contribution in [0.5, 0.6) is 0 Å². The molecule has 0 bridgehead atoms. The molecule has 3 rings (SSSR count). The maximum atomic E-state index is 12.8. The normalized spacial score (nSPS) is 28.2. The maximum Gasteiger partial charge on any atom is 0.326 e. The lowest BCUT2D eigenvalue weighted by atomic mass is 9.90. The van der Waals surface area contributed by atoms with E-state index in [9.17, 15) is 14.7 Å². The minimum atomic E-state index is -0.881. The highest BCUT2D eigenvalue weighted by atomic mass is 32.2. The summed E-state index contributed by atoms with van der Waals surface area (Å²) in [6.45, 7) is 2.61. The summed E-state index contributed by atoms with van der Waals surface area (Å²) in [5.74, 6) is -0.0150. The van der Waals surface area contributed by atoms with Crippen LogP contribution in [0.1, 0.15) is 31.2 Å². The fraction of sp³-hybridized carbons (Fsp3) is 0.500. The highest BCUT2D eigenvalue weighted by Gasteiger charge is 2.39. The standard InChI is InChI=1S/C16H19NO3S/c1-10-6-7-17(13(8-10)16(19)20)15(18)12-9-21-14-5-3-2-4-11(12)14/h2-5,10,12-13H,6-9H2,1H3,(H,19,20). The van der Waals surface area contributed by atoms with Crippen molar-refractivity contribution < 1.29 is 14.7 Å². The SMILES string of the molecule is CC1CCN(C(=O)C2CSc3ccccc32)C(C(=O)O)C1. The van der Waals surface area contributed by atoms with Crippen molar-refractivity contribution in [2.24, 2.45) is 5.92 Å². The first-order valence-electron chi connectivity index (χ1n) is 7.33. The zero-order valence-corrected chi connectivity index (χ0v) is 12.8. The van der Waals surface area contributed by atoms with E-state index in [1.807, 2.05) is 24.3 Å². The van der Waals surface area contributed by atoms with Crippen LogP contribution in [0.3, 0.4) is 0 Å². The van der Waals surface area contributed by atoms with Crippen molar-refractivity contribution in [3.05, 3.63) is 29.8 Å². The van der Waals surface area contributed by atoms with Crippen LogP contribution in [-0.4, -0.2) is 40.2 Å². The van der Waals surface area contributed by atoms with Gasteiger partial charge in [0.15, 0.2) is 0 Å². The van der Waals surface area contributed by atoms with Crippen LogP contribution in [-0.2, 0) is 9.59 Å². The van der Waals surface area contributed by atoms with Gasteiger partial charge in [-0.1, -0.05) is 25.1 Å². The summed E-state index contributed by atoms with van der Waals surface area (Å²) < 4.78 is 0. The largest absolute Gasteiger partial charge is 0.480 e. The Morgan fingerprint density at radius 3 is 2.86 bits per heavy atom. The summed E-state index contributed by atoms with van der Waals surface area (Å²) in [4.78, 5) is 27.0. The van der Waals surface area contributed by atoms with Gasteiger partial charge in [-0.05, 0) is 30.4 Å². The van der Waals surface area contributed by atoms with Gasteiger partial charge in [0.25, 0.3) is 0 Å². The maximum absolute atomic E-state index is 12.8. The molecule has 0 aliphatic carbocycles. The molecule has 21 heavy (non-hydrogen) atoms. The Labute approximate surface area is 128 Å². The lowest BCUT2D eigenvalue weighted by Crippen LogP contribution is -2.51. The molecule has 0 aromatic heterocycles. The number of hydrogen-bond donors (Lipinski definition) is 1. The third-order valence-corrected chi connectivity index (χ3v) is 5.61. The van der Waals surface area contributed by atoms with Gasteiger partial charge in [-0.2, -0.15) is 0 Å². The lowest BCUT2D eigenvalue weighted by molar-refractivity contribution is -0.153. The number of carbonyl (C=O) groups is 2. The van der Waals surface area contributed by atoms with Gasteiger partial charge in [0.05, 0.1) is 5.92 Å². The number of fused-ring (bicyclic) bond motifs is 1. The highest BCUT2D eigenvalue weighted by Crippen LogP contribution is 2.41. The van der Waals surface area contributed by atoms with Crippen LogP contribution in [0, 0.1) is 5.92 Å². The minimum Gasteiger partial charge on any atom is -0.480 e. The zero-order valence-electron chi connectivity index (χ0n) is 12.0. The smallest absolute Gasteiger partial charge is 0.326 e. The minimum absolute atomic E-state index is 0.0215. The molecule has 0 spiro atoms. The summed E-state index contributed by atoms with van der Waals surface area (Å²) in [5.41, 5.74) is 1.05. The number of likely N-dealkylation sites (tertiary alicyclic amines) is 1. The molecule has 1 fully saturated rings. The number of thioether (sulfide) groups is 1. The lowest BCUT2D eigenvalue weighted by Gasteiger charge is -2.37. The summed E-state index contributed by atoms with van der Waals surface area (Å²) >= 11 is 1.68. The first-order valence-corrected chi connectivity index (χ1v) is 8.31. The molecule has 4 nitrogen and oxygen atoms in total. The van der Waals surface area contributed by atoms with E-state index in [-0.39, 0.29) is 11.8 Å². The van der Waals surface area contributed by atoms with E-state index in [0.717, 1.165) is 22.6 Å². The summed E-state index contributed by atoms with van der Waals surface area (Å²) in [5, 5.41) is 9.41. The molecule has 2 aliphatic rings. The molecule has 1 saturated heterocycles. The molecule has 112 valence electrons. The Balaban J connectivity index is 1.83. The summed E-state index contributed by atoms with van der Waals surface area (Å²) in [6, 6.07) is 7.26. The number of nitrogens with zero attached hydrogens (tertiary/aromatic N) is 1. The second kappa shape index (κ2) is 5.72. The molecule has 1 aromatic rings. The second-order valence-electron chi connectivity index (χ2n) is 5.92. The van der Waals surface area contributed by atoms with Gasteiger partial charge in [0.1, 0.15) is 6.04 Å². The molecule has 3 unspecified atom stereocenters. The summed E-state index contributed by atoms with van der Waals surface area (Å²) in [7, 11) is 0. The number of benzene rings is 1. The molecule has 2 aliphatic heterocycles. The fourth-order valence-electron chi connectivity index (χ4n) is 3.21. The number of hydrogen-bond acceptors (Lipinski definition) is 3. The molecule has 3 atom stereocenters.